The van der Waals surface area contributed by atoms with Gasteiger partial charge in [-0.15, -0.1) is 0 Å². The molecule has 0 fully saturated rings. The Morgan fingerprint density at radius 3 is 2.50 bits per heavy atom. The molecule has 0 aliphatic rings. The third-order valence-corrected chi connectivity index (χ3v) is 3.00. The fraction of sp³-hybridized carbons (Fsp3) is 0.200. The summed E-state index contributed by atoms with van der Waals surface area (Å²) in [7, 11) is 0. The average molecular weight is 262 g/mol. The van der Waals surface area contributed by atoms with Crippen molar-refractivity contribution in [1.82, 2.24) is 0 Å². The largest absolute Gasteiger partial charge is 0.489 e. The highest BCUT2D eigenvalue weighted by Crippen LogP contribution is 2.24. The number of ether oxygens (including phenoxy) is 1. The van der Waals surface area contributed by atoms with Crippen molar-refractivity contribution in [2.24, 2.45) is 5.73 Å². The monoisotopic (exact) mass is 261 g/mol. The fourth-order valence-corrected chi connectivity index (χ4v) is 1.84. The number of aryl methyl sites for hydroxylation is 1. The molecule has 0 saturated heterocycles. The first-order chi connectivity index (χ1) is 8.69. The lowest BCUT2D eigenvalue weighted by molar-refractivity contribution is 0.303. The smallest absolute Gasteiger partial charge is 0.125 e. The van der Waals surface area contributed by atoms with Crippen LogP contribution in [0, 0.1) is 6.92 Å². The van der Waals surface area contributed by atoms with E-state index in [4.69, 9.17) is 22.1 Å². The Kier molecular flexibility index (Phi) is 4.24. The maximum Gasteiger partial charge on any atom is 0.125 e. The highest BCUT2D eigenvalue weighted by molar-refractivity contribution is 6.30. The number of benzene rings is 2. The van der Waals surface area contributed by atoms with Gasteiger partial charge in [0.15, 0.2) is 0 Å². The highest BCUT2D eigenvalue weighted by atomic mass is 35.5. The highest BCUT2D eigenvalue weighted by Gasteiger charge is 2.03. The zero-order valence-electron chi connectivity index (χ0n) is 10.3. The first kappa shape index (κ1) is 12.9. The molecule has 0 saturated carbocycles. The van der Waals surface area contributed by atoms with Crippen LogP contribution in [-0.2, 0) is 13.2 Å². The minimum absolute atomic E-state index is 0.445. The molecular formula is C15H16ClNO. The number of halogens is 1. The van der Waals surface area contributed by atoms with Gasteiger partial charge in [0.05, 0.1) is 0 Å². The quantitative estimate of drug-likeness (QED) is 0.911. The SMILES string of the molecule is Cc1ccc(COc2cc(Cl)ccc2CN)cc1. The van der Waals surface area contributed by atoms with Gasteiger partial charge in [-0.25, -0.2) is 0 Å². The molecule has 2 rings (SSSR count). The van der Waals surface area contributed by atoms with E-state index < -0.39 is 0 Å². The van der Waals surface area contributed by atoms with Crippen molar-refractivity contribution in [2.75, 3.05) is 0 Å². The molecule has 0 bridgehead atoms. The number of hydrogen-bond donors (Lipinski definition) is 1. The minimum atomic E-state index is 0.445. The summed E-state index contributed by atoms with van der Waals surface area (Å²) in [6.45, 7) is 3.03. The van der Waals surface area contributed by atoms with E-state index in [2.05, 4.69) is 31.2 Å². The number of hydrogen-bond acceptors (Lipinski definition) is 2. The molecule has 0 aliphatic heterocycles. The van der Waals surface area contributed by atoms with E-state index in [0.29, 0.717) is 18.2 Å². The molecule has 94 valence electrons. The second-order valence-corrected chi connectivity index (χ2v) is 4.67. The van der Waals surface area contributed by atoms with E-state index in [1.807, 2.05) is 12.1 Å². The van der Waals surface area contributed by atoms with Crippen molar-refractivity contribution in [3.63, 3.8) is 0 Å². The Bertz CT molecular complexity index is 523. The Labute approximate surface area is 112 Å². The lowest BCUT2D eigenvalue weighted by Crippen LogP contribution is -2.02. The van der Waals surface area contributed by atoms with E-state index in [1.165, 1.54) is 5.56 Å². The maximum atomic E-state index is 5.96. The van der Waals surface area contributed by atoms with Gasteiger partial charge in [-0.3, -0.25) is 0 Å². The third kappa shape index (κ3) is 3.25. The van der Waals surface area contributed by atoms with Gasteiger partial charge in [0.25, 0.3) is 0 Å². The van der Waals surface area contributed by atoms with E-state index >= 15 is 0 Å². The molecule has 0 heterocycles. The van der Waals surface area contributed by atoms with Crippen molar-refractivity contribution < 1.29 is 4.74 Å². The van der Waals surface area contributed by atoms with Crippen LogP contribution >= 0.6 is 11.6 Å². The molecule has 0 unspecified atom stereocenters. The molecule has 2 aromatic carbocycles. The van der Waals surface area contributed by atoms with Crippen molar-refractivity contribution >= 4 is 11.6 Å². The molecule has 2 N–H and O–H groups in total. The number of rotatable bonds is 4. The summed E-state index contributed by atoms with van der Waals surface area (Å²) in [5.41, 5.74) is 9.00. The molecule has 18 heavy (non-hydrogen) atoms. The molecule has 0 aromatic heterocycles. The Morgan fingerprint density at radius 2 is 1.83 bits per heavy atom. The van der Waals surface area contributed by atoms with Crippen LogP contribution in [0.2, 0.25) is 5.02 Å². The molecule has 0 amide bonds. The summed E-state index contributed by atoms with van der Waals surface area (Å²) in [6.07, 6.45) is 0. The predicted molar refractivity (Wildman–Crippen MR) is 74.9 cm³/mol. The zero-order chi connectivity index (χ0) is 13.0. The number of nitrogens with two attached hydrogens (primary N) is 1. The summed E-state index contributed by atoms with van der Waals surface area (Å²) >= 11 is 5.96. The average Bonchev–Trinajstić information content (AvgIpc) is 2.38. The van der Waals surface area contributed by atoms with E-state index in [1.54, 1.807) is 6.07 Å². The lowest BCUT2D eigenvalue weighted by atomic mass is 10.1. The second kappa shape index (κ2) is 5.89. The summed E-state index contributed by atoms with van der Waals surface area (Å²) in [5, 5.41) is 0.658. The van der Waals surface area contributed by atoms with Crippen molar-refractivity contribution in [3.05, 3.63) is 64.2 Å². The second-order valence-electron chi connectivity index (χ2n) is 4.23. The summed E-state index contributed by atoms with van der Waals surface area (Å²) in [5.74, 6) is 0.755. The van der Waals surface area contributed by atoms with Crippen LogP contribution in [0.25, 0.3) is 0 Å². The first-order valence-corrected chi connectivity index (χ1v) is 6.23. The molecule has 0 radical (unpaired) electrons. The van der Waals surface area contributed by atoms with Crippen LogP contribution in [-0.4, -0.2) is 0 Å². The molecule has 2 nitrogen and oxygen atoms in total. The lowest BCUT2D eigenvalue weighted by Gasteiger charge is -2.11. The van der Waals surface area contributed by atoms with Gasteiger partial charge in [0.2, 0.25) is 0 Å². The van der Waals surface area contributed by atoms with Crippen LogP contribution in [0.5, 0.6) is 5.75 Å². The van der Waals surface area contributed by atoms with Crippen LogP contribution in [0.3, 0.4) is 0 Å². The van der Waals surface area contributed by atoms with Gasteiger partial charge in [-0.05, 0) is 24.6 Å². The van der Waals surface area contributed by atoms with Gasteiger partial charge in [0, 0.05) is 17.1 Å². The molecule has 2 aromatic rings. The summed E-state index contributed by atoms with van der Waals surface area (Å²) in [4.78, 5) is 0. The van der Waals surface area contributed by atoms with Crippen molar-refractivity contribution in [3.8, 4) is 5.75 Å². The van der Waals surface area contributed by atoms with Gasteiger partial charge >= 0.3 is 0 Å². The van der Waals surface area contributed by atoms with E-state index in [-0.39, 0.29) is 0 Å². The maximum absolute atomic E-state index is 5.96. The van der Waals surface area contributed by atoms with E-state index in [9.17, 15) is 0 Å². The first-order valence-electron chi connectivity index (χ1n) is 5.86. The Morgan fingerprint density at radius 1 is 1.11 bits per heavy atom. The third-order valence-electron chi connectivity index (χ3n) is 2.76. The topological polar surface area (TPSA) is 35.2 Å². The standard InChI is InChI=1S/C15H16ClNO/c1-11-2-4-12(5-3-11)10-18-15-8-14(16)7-6-13(15)9-17/h2-8H,9-10,17H2,1H3. The molecular weight excluding hydrogens is 246 g/mol. The zero-order valence-corrected chi connectivity index (χ0v) is 11.1. The van der Waals surface area contributed by atoms with Gasteiger partial charge in [-0.2, -0.15) is 0 Å². The summed E-state index contributed by atoms with van der Waals surface area (Å²) in [6, 6.07) is 13.8. The molecule has 0 spiro atoms. The Hall–Kier alpha value is -1.51. The van der Waals surface area contributed by atoms with Crippen LogP contribution < -0.4 is 10.5 Å². The van der Waals surface area contributed by atoms with Gasteiger partial charge in [0.1, 0.15) is 12.4 Å². The van der Waals surface area contributed by atoms with Crippen molar-refractivity contribution in [2.45, 2.75) is 20.1 Å². The van der Waals surface area contributed by atoms with E-state index in [0.717, 1.165) is 16.9 Å². The predicted octanol–water partition coefficient (Wildman–Crippen LogP) is 3.69. The molecule has 0 atom stereocenters. The Balaban J connectivity index is 2.09. The van der Waals surface area contributed by atoms with Crippen LogP contribution in [0.4, 0.5) is 0 Å². The minimum Gasteiger partial charge on any atom is -0.489 e. The fourth-order valence-electron chi connectivity index (χ4n) is 1.68. The normalized spacial score (nSPS) is 10.4. The van der Waals surface area contributed by atoms with Crippen molar-refractivity contribution in [1.29, 1.82) is 0 Å². The van der Waals surface area contributed by atoms with Gasteiger partial charge < -0.3 is 10.5 Å². The molecule has 0 aliphatic carbocycles. The summed E-state index contributed by atoms with van der Waals surface area (Å²) < 4.78 is 5.77. The van der Waals surface area contributed by atoms with Crippen LogP contribution in [0.1, 0.15) is 16.7 Å². The van der Waals surface area contributed by atoms with Gasteiger partial charge in [-0.1, -0.05) is 47.5 Å². The van der Waals surface area contributed by atoms with Crippen LogP contribution in [0.15, 0.2) is 42.5 Å². The molecule has 3 heteroatoms.